The van der Waals surface area contributed by atoms with Crippen LogP contribution in [0.5, 0.6) is 0 Å². The molecule has 0 atom stereocenters. The number of anilines is 2. The number of hydrogen-bond acceptors (Lipinski definition) is 4. The van der Waals surface area contributed by atoms with Gasteiger partial charge in [-0.15, -0.1) is 0 Å². The SMILES string of the molecule is CN(CCN(C)c1ccc(Br)cn1)c1ccc(Br)cn1. The molecule has 0 bridgehead atoms. The first-order valence-corrected chi connectivity index (χ1v) is 7.80. The molecule has 0 spiro atoms. The zero-order valence-corrected chi connectivity index (χ0v) is 14.6. The van der Waals surface area contributed by atoms with Crippen molar-refractivity contribution < 1.29 is 0 Å². The number of likely N-dealkylation sites (N-methyl/N-ethyl adjacent to an activating group) is 2. The van der Waals surface area contributed by atoms with Gasteiger partial charge in [-0.05, 0) is 56.1 Å². The van der Waals surface area contributed by atoms with Crippen LogP contribution in [0.25, 0.3) is 0 Å². The minimum atomic E-state index is 0.878. The predicted octanol–water partition coefficient (Wildman–Crippen LogP) is 3.57. The van der Waals surface area contributed by atoms with Gasteiger partial charge in [0, 0.05) is 48.5 Å². The fraction of sp³-hybridized carbons (Fsp3) is 0.286. The molecule has 6 heteroatoms. The molecular weight excluding hydrogens is 384 g/mol. The van der Waals surface area contributed by atoms with Crippen molar-refractivity contribution in [3.8, 4) is 0 Å². The summed E-state index contributed by atoms with van der Waals surface area (Å²) in [5.41, 5.74) is 0. The van der Waals surface area contributed by atoms with Crippen LogP contribution in [-0.2, 0) is 0 Å². The molecule has 0 aliphatic carbocycles. The third-order valence-corrected chi connectivity index (χ3v) is 3.91. The van der Waals surface area contributed by atoms with E-state index in [4.69, 9.17) is 0 Å². The molecule has 0 radical (unpaired) electrons. The predicted molar refractivity (Wildman–Crippen MR) is 90.4 cm³/mol. The van der Waals surface area contributed by atoms with E-state index in [1.54, 1.807) is 0 Å². The molecule has 0 saturated heterocycles. The summed E-state index contributed by atoms with van der Waals surface area (Å²) in [6, 6.07) is 8.00. The van der Waals surface area contributed by atoms with Crippen LogP contribution in [0.3, 0.4) is 0 Å². The number of pyridine rings is 2. The molecular formula is C14H16Br2N4. The lowest BCUT2D eigenvalue weighted by Crippen LogP contribution is -2.31. The van der Waals surface area contributed by atoms with Gasteiger partial charge in [0.2, 0.25) is 0 Å². The maximum absolute atomic E-state index is 4.38. The van der Waals surface area contributed by atoms with E-state index >= 15 is 0 Å². The average Bonchev–Trinajstić information content (AvgIpc) is 2.46. The largest absolute Gasteiger partial charge is 0.358 e. The van der Waals surface area contributed by atoms with Gasteiger partial charge in [-0.1, -0.05) is 0 Å². The number of halogens is 2. The molecule has 0 N–H and O–H groups in total. The molecule has 0 aliphatic heterocycles. The van der Waals surface area contributed by atoms with Crippen molar-refractivity contribution in [3.05, 3.63) is 45.6 Å². The summed E-state index contributed by atoms with van der Waals surface area (Å²) in [6.07, 6.45) is 3.62. The molecule has 0 aliphatic rings. The Bertz CT molecular complexity index is 491. The minimum Gasteiger partial charge on any atom is -0.358 e. The summed E-state index contributed by atoms with van der Waals surface area (Å²) < 4.78 is 1.98. The Labute approximate surface area is 136 Å². The van der Waals surface area contributed by atoms with Gasteiger partial charge in [0.05, 0.1) is 0 Å². The summed E-state index contributed by atoms with van der Waals surface area (Å²) in [6.45, 7) is 1.76. The standard InChI is InChI=1S/C14H16Br2N4/c1-19(13-5-3-11(15)9-17-13)7-8-20(2)14-6-4-12(16)10-18-14/h3-6,9-10H,7-8H2,1-2H3. The Kier molecular flexibility index (Phi) is 5.37. The number of nitrogens with zero attached hydrogens (tertiary/aromatic N) is 4. The van der Waals surface area contributed by atoms with Crippen LogP contribution >= 0.6 is 31.9 Å². The van der Waals surface area contributed by atoms with E-state index in [1.807, 2.05) is 50.8 Å². The Hall–Kier alpha value is -1.14. The summed E-state index contributed by atoms with van der Waals surface area (Å²) >= 11 is 6.78. The molecule has 2 aromatic heterocycles. The molecule has 0 amide bonds. The summed E-state index contributed by atoms with van der Waals surface area (Å²) in [5, 5.41) is 0. The number of hydrogen-bond donors (Lipinski definition) is 0. The first-order chi connectivity index (χ1) is 9.56. The van der Waals surface area contributed by atoms with Crippen LogP contribution in [0.4, 0.5) is 11.6 Å². The van der Waals surface area contributed by atoms with E-state index in [-0.39, 0.29) is 0 Å². The van der Waals surface area contributed by atoms with Crippen LogP contribution in [-0.4, -0.2) is 37.2 Å². The minimum absolute atomic E-state index is 0.878. The molecule has 20 heavy (non-hydrogen) atoms. The maximum atomic E-state index is 4.38. The molecule has 0 aromatic carbocycles. The highest BCUT2D eigenvalue weighted by molar-refractivity contribution is 9.10. The molecule has 0 saturated carbocycles. The zero-order valence-electron chi connectivity index (χ0n) is 11.4. The lowest BCUT2D eigenvalue weighted by Gasteiger charge is -2.23. The third-order valence-electron chi connectivity index (χ3n) is 2.98. The van der Waals surface area contributed by atoms with Crippen LogP contribution in [0, 0.1) is 0 Å². The molecule has 2 aromatic rings. The second-order valence-electron chi connectivity index (χ2n) is 4.51. The summed E-state index contributed by atoms with van der Waals surface area (Å²) in [5.74, 6) is 1.93. The van der Waals surface area contributed by atoms with Crippen molar-refractivity contribution in [2.75, 3.05) is 37.0 Å². The topological polar surface area (TPSA) is 32.3 Å². The number of aromatic nitrogens is 2. The first-order valence-electron chi connectivity index (χ1n) is 6.21. The van der Waals surface area contributed by atoms with E-state index in [9.17, 15) is 0 Å². The van der Waals surface area contributed by atoms with Crippen molar-refractivity contribution in [2.24, 2.45) is 0 Å². The van der Waals surface area contributed by atoms with Crippen molar-refractivity contribution >= 4 is 43.5 Å². The van der Waals surface area contributed by atoms with E-state index in [0.717, 1.165) is 33.7 Å². The smallest absolute Gasteiger partial charge is 0.128 e. The quantitative estimate of drug-likeness (QED) is 0.769. The second kappa shape index (κ2) is 7.04. The molecule has 4 nitrogen and oxygen atoms in total. The van der Waals surface area contributed by atoms with Gasteiger partial charge in [-0.3, -0.25) is 0 Å². The van der Waals surface area contributed by atoms with Gasteiger partial charge in [0.1, 0.15) is 11.6 Å². The van der Waals surface area contributed by atoms with Gasteiger partial charge >= 0.3 is 0 Å². The van der Waals surface area contributed by atoms with Gasteiger partial charge in [0.15, 0.2) is 0 Å². The van der Waals surface area contributed by atoms with Crippen molar-refractivity contribution in [1.29, 1.82) is 0 Å². The van der Waals surface area contributed by atoms with Crippen molar-refractivity contribution in [1.82, 2.24) is 9.97 Å². The van der Waals surface area contributed by atoms with Crippen molar-refractivity contribution in [3.63, 3.8) is 0 Å². The molecule has 106 valence electrons. The van der Waals surface area contributed by atoms with Gasteiger partial charge in [0.25, 0.3) is 0 Å². The lowest BCUT2D eigenvalue weighted by atomic mass is 10.4. The Morgan fingerprint density at radius 2 is 1.20 bits per heavy atom. The van der Waals surface area contributed by atoms with Crippen LogP contribution < -0.4 is 9.80 Å². The lowest BCUT2D eigenvalue weighted by molar-refractivity contribution is 0.812. The van der Waals surface area contributed by atoms with Gasteiger partial charge in [-0.2, -0.15) is 0 Å². The van der Waals surface area contributed by atoms with Crippen LogP contribution in [0.2, 0.25) is 0 Å². The normalized spacial score (nSPS) is 10.4. The Balaban J connectivity index is 1.91. The van der Waals surface area contributed by atoms with Gasteiger partial charge < -0.3 is 9.80 Å². The Morgan fingerprint density at radius 3 is 1.50 bits per heavy atom. The number of rotatable bonds is 5. The highest BCUT2D eigenvalue weighted by atomic mass is 79.9. The van der Waals surface area contributed by atoms with Crippen LogP contribution in [0.1, 0.15) is 0 Å². The van der Waals surface area contributed by atoms with E-state index < -0.39 is 0 Å². The van der Waals surface area contributed by atoms with E-state index in [2.05, 4.69) is 51.6 Å². The van der Waals surface area contributed by atoms with E-state index in [1.165, 1.54) is 0 Å². The van der Waals surface area contributed by atoms with E-state index in [0.29, 0.717) is 0 Å². The van der Waals surface area contributed by atoms with Crippen LogP contribution in [0.15, 0.2) is 45.6 Å². The summed E-state index contributed by atoms with van der Waals surface area (Å²) in [7, 11) is 4.08. The monoisotopic (exact) mass is 398 g/mol. The third kappa shape index (κ3) is 4.18. The Morgan fingerprint density at radius 1 is 0.800 bits per heavy atom. The van der Waals surface area contributed by atoms with Gasteiger partial charge in [-0.25, -0.2) is 9.97 Å². The second-order valence-corrected chi connectivity index (χ2v) is 6.34. The fourth-order valence-electron chi connectivity index (χ4n) is 1.72. The first kappa shape index (κ1) is 15.3. The highest BCUT2D eigenvalue weighted by Crippen LogP contribution is 2.15. The molecule has 0 unspecified atom stereocenters. The molecule has 0 fully saturated rings. The maximum Gasteiger partial charge on any atom is 0.128 e. The molecule has 2 heterocycles. The fourth-order valence-corrected chi connectivity index (χ4v) is 2.19. The average molecular weight is 400 g/mol. The van der Waals surface area contributed by atoms with Crippen molar-refractivity contribution in [2.45, 2.75) is 0 Å². The zero-order chi connectivity index (χ0) is 14.5. The molecule has 2 rings (SSSR count). The summed E-state index contributed by atoms with van der Waals surface area (Å²) in [4.78, 5) is 13.0. The highest BCUT2D eigenvalue weighted by Gasteiger charge is 2.06.